The smallest absolute Gasteiger partial charge is 0.161 e. The number of hydrogen-bond donors (Lipinski definition) is 0. The maximum absolute atomic E-state index is 5.77. The second kappa shape index (κ2) is 11.7. The Hall–Kier alpha value is -3.09. The first kappa shape index (κ1) is 23.1. The molecule has 6 heteroatoms. The Labute approximate surface area is 200 Å². The van der Waals surface area contributed by atoms with Crippen LogP contribution in [0.5, 0.6) is 17.2 Å². The van der Waals surface area contributed by atoms with Gasteiger partial charge in [-0.3, -0.25) is 4.90 Å². The molecule has 0 aromatic heterocycles. The van der Waals surface area contributed by atoms with E-state index >= 15 is 0 Å². The number of hydrogen-bond acceptors (Lipinski definition) is 6. The van der Waals surface area contributed by atoms with E-state index in [1.54, 1.807) is 14.2 Å². The maximum atomic E-state index is 5.77. The second-order valence-corrected chi connectivity index (χ2v) is 8.47. The van der Waals surface area contributed by atoms with Crippen LogP contribution in [0.25, 0.3) is 6.08 Å². The largest absolute Gasteiger partial charge is 0.493 e. The molecule has 0 aliphatic carbocycles. The van der Waals surface area contributed by atoms with E-state index in [0.717, 1.165) is 55.5 Å². The molecule has 33 heavy (non-hydrogen) atoms. The highest BCUT2D eigenvalue weighted by Gasteiger charge is 2.18. The van der Waals surface area contributed by atoms with Crippen LogP contribution in [0.1, 0.15) is 11.1 Å². The summed E-state index contributed by atoms with van der Waals surface area (Å²) in [5.74, 6) is 2.40. The van der Waals surface area contributed by atoms with Crippen molar-refractivity contribution in [1.82, 2.24) is 4.90 Å². The molecule has 1 heterocycles. The van der Waals surface area contributed by atoms with Gasteiger partial charge in [0.05, 0.1) is 26.3 Å². The third kappa shape index (κ3) is 6.46. The third-order valence-corrected chi connectivity index (χ3v) is 6.22. The zero-order chi connectivity index (χ0) is 22.9. The number of nitrogens with zero attached hydrogens (tertiary/aromatic N) is 2. The molecule has 0 atom stereocenters. The van der Waals surface area contributed by atoms with Crippen molar-refractivity contribution in [2.24, 2.45) is 0 Å². The van der Waals surface area contributed by atoms with Crippen LogP contribution < -0.4 is 18.6 Å². The van der Waals surface area contributed by atoms with Crippen molar-refractivity contribution in [2.45, 2.75) is 6.54 Å². The Morgan fingerprint density at radius 3 is 2.24 bits per heavy atom. The lowest BCUT2D eigenvalue weighted by atomic mass is 10.1. The molecule has 3 aromatic rings. The van der Waals surface area contributed by atoms with Crippen LogP contribution in [0.4, 0.5) is 5.69 Å². The average Bonchev–Trinajstić information content (AvgIpc) is 2.88. The standard InChI is InChI=1S/C27H30N2O3S/c1-30-26-13-8-23(20-27(26)31-2)21-28-15-17-29(18-16-28)24-9-11-25(12-10-24)32-33-19-14-22-6-4-3-5-7-22/h3-14,19-20H,15-18,21H2,1-2H3/b19-14+. The predicted molar refractivity (Wildman–Crippen MR) is 137 cm³/mol. The quantitative estimate of drug-likeness (QED) is 0.378. The zero-order valence-electron chi connectivity index (χ0n) is 19.1. The molecule has 1 aliphatic heterocycles. The molecule has 4 rings (SSSR count). The van der Waals surface area contributed by atoms with Crippen molar-refractivity contribution in [1.29, 1.82) is 0 Å². The van der Waals surface area contributed by atoms with Crippen LogP contribution in [0.15, 0.2) is 78.2 Å². The van der Waals surface area contributed by atoms with E-state index in [0.29, 0.717) is 0 Å². The molecule has 0 N–H and O–H groups in total. The van der Waals surface area contributed by atoms with Gasteiger partial charge < -0.3 is 18.6 Å². The van der Waals surface area contributed by atoms with Gasteiger partial charge in [-0.25, -0.2) is 0 Å². The molecule has 1 fully saturated rings. The van der Waals surface area contributed by atoms with Gasteiger partial charge in [0.15, 0.2) is 11.5 Å². The Bertz CT molecular complexity index is 1030. The minimum absolute atomic E-state index is 0.768. The topological polar surface area (TPSA) is 34.2 Å². The van der Waals surface area contributed by atoms with Gasteiger partial charge in [0.25, 0.3) is 0 Å². The fourth-order valence-corrected chi connectivity index (χ4v) is 4.36. The van der Waals surface area contributed by atoms with Gasteiger partial charge in [0.2, 0.25) is 0 Å². The maximum Gasteiger partial charge on any atom is 0.161 e. The summed E-state index contributed by atoms with van der Waals surface area (Å²) in [6, 6.07) is 24.7. The molecule has 0 amide bonds. The van der Waals surface area contributed by atoms with Gasteiger partial charge in [-0.2, -0.15) is 0 Å². The monoisotopic (exact) mass is 462 g/mol. The lowest BCUT2D eigenvalue weighted by Crippen LogP contribution is -2.45. The fraction of sp³-hybridized carbons (Fsp3) is 0.259. The van der Waals surface area contributed by atoms with Gasteiger partial charge in [-0.05, 0) is 53.6 Å². The lowest BCUT2D eigenvalue weighted by Gasteiger charge is -2.36. The average molecular weight is 463 g/mol. The zero-order valence-corrected chi connectivity index (χ0v) is 20.0. The first-order chi connectivity index (χ1) is 16.2. The van der Waals surface area contributed by atoms with E-state index in [2.05, 4.69) is 46.2 Å². The number of methoxy groups -OCH3 is 2. The fourth-order valence-electron chi connectivity index (χ4n) is 3.87. The Balaban J connectivity index is 1.24. The summed E-state index contributed by atoms with van der Waals surface area (Å²) in [4.78, 5) is 4.91. The number of rotatable bonds is 9. The summed E-state index contributed by atoms with van der Waals surface area (Å²) in [5, 5.41) is 1.96. The van der Waals surface area contributed by atoms with E-state index in [9.17, 15) is 0 Å². The van der Waals surface area contributed by atoms with Gasteiger partial charge >= 0.3 is 0 Å². The van der Waals surface area contributed by atoms with Crippen LogP contribution >= 0.6 is 12.0 Å². The molecule has 0 spiro atoms. The van der Waals surface area contributed by atoms with Crippen LogP contribution in [0.2, 0.25) is 0 Å². The minimum atomic E-state index is 0.768. The molecule has 1 aliphatic rings. The third-order valence-electron chi connectivity index (χ3n) is 5.69. The van der Waals surface area contributed by atoms with E-state index in [4.69, 9.17) is 13.7 Å². The van der Waals surface area contributed by atoms with Crippen LogP contribution in [-0.2, 0) is 6.54 Å². The summed E-state index contributed by atoms with van der Waals surface area (Å²) in [7, 11) is 3.34. The molecule has 0 radical (unpaired) electrons. The van der Waals surface area contributed by atoms with E-state index in [-0.39, 0.29) is 0 Å². The van der Waals surface area contributed by atoms with E-state index < -0.39 is 0 Å². The van der Waals surface area contributed by atoms with Gasteiger partial charge in [0, 0.05) is 43.8 Å². The summed E-state index contributed by atoms with van der Waals surface area (Å²) >= 11 is 1.33. The number of piperazine rings is 1. The van der Waals surface area contributed by atoms with E-state index in [1.807, 2.05) is 47.9 Å². The molecule has 5 nitrogen and oxygen atoms in total. The van der Waals surface area contributed by atoms with Gasteiger partial charge in [-0.1, -0.05) is 36.4 Å². The summed E-state index contributed by atoms with van der Waals surface area (Å²) < 4.78 is 16.5. The summed E-state index contributed by atoms with van der Waals surface area (Å²) in [6.45, 7) is 4.96. The lowest BCUT2D eigenvalue weighted by molar-refractivity contribution is 0.249. The minimum Gasteiger partial charge on any atom is -0.493 e. The highest BCUT2D eigenvalue weighted by atomic mass is 32.2. The summed E-state index contributed by atoms with van der Waals surface area (Å²) in [6.07, 6.45) is 2.04. The molecule has 0 unspecified atom stereocenters. The Kier molecular flexibility index (Phi) is 8.17. The highest BCUT2D eigenvalue weighted by Crippen LogP contribution is 2.28. The van der Waals surface area contributed by atoms with Crippen molar-refractivity contribution >= 4 is 23.8 Å². The first-order valence-electron chi connectivity index (χ1n) is 11.1. The van der Waals surface area contributed by atoms with E-state index in [1.165, 1.54) is 23.3 Å². The highest BCUT2D eigenvalue weighted by molar-refractivity contribution is 7.98. The number of benzene rings is 3. The van der Waals surface area contributed by atoms with Gasteiger partial charge in [-0.15, -0.1) is 0 Å². The van der Waals surface area contributed by atoms with Crippen molar-refractivity contribution in [3.63, 3.8) is 0 Å². The second-order valence-electron chi connectivity index (χ2n) is 7.84. The molecule has 0 bridgehead atoms. The Morgan fingerprint density at radius 1 is 0.818 bits per heavy atom. The molecular weight excluding hydrogens is 432 g/mol. The number of anilines is 1. The molecule has 172 valence electrons. The van der Waals surface area contributed by atoms with Crippen molar-refractivity contribution in [3.8, 4) is 17.2 Å². The summed E-state index contributed by atoms with van der Waals surface area (Å²) in [5.41, 5.74) is 3.63. The van der Waals surface area contributed by atoms with Crippen LogP contribution in [0, 0.1) is 0 Å². The Morgan fingerprint density at radius 2 is 1.55 bits per heavy atom. The normalized spacial score (nSPS) is 14.4. The first-order valence-corrected chi connectivity index (χ1v) is 11.9. The van der Waals surface area contributed by atoms with Crippen LogP contribution in [0.3, 0.4) is 0 Å². The molecular formula is C27H30N2O3S. The van der Waals surface area contributed by atoms with Crippen LogP contribution in [-0.4, -0.2) is 45.3 Å². The predicted octanol–water partition coefficient (Wildman–Crippen LogP) is 5.72. The SMILES string of the molecule is COc1ccc(CN2CCN(c3ccc(OS/C=C/c4ccccc4)cc3)CC2)cc1OC. The van der Waals surface area contributed by atoms with Gasteiger partial charge in [0.1, 0.15) is 5.75 Å². The van der Waals surface area contributed by atoms with Crippen molar-refractivity contribution in [2.75, 3.05) is 45.3 Å². The van der Waals surface area contributed by atoms with Crippen molar-refractivity contribution < 1.29 is 13.7 Å². The molecule has 1 saturated heterocycles. The molecule has 0 saturated carbocycles. The molecule has 3 aromatic carbocycles. The van der Waals surface area contributed by atoms with Crippen molar-refractivity contribution in [3.05, 3.63) is 89.3 Å². The number of ether oxygens (including phenoxy) is 2.